The maximum Gasteiger partial charge on any atom is 0.150 e. The summed E-state index contributed by atoms with van der Waals surface area (Å²) in [6.07, 6.45) is 1.31. The third-order valence-corrected chi connectivity index (χ3v) is 3.45. The van der Waals surface area contributed by atoms with Gasteiger partial charge in [0, 0.05) is 17.7 Å². The molecule has 0 radical (unpaired) electrons. The van der Waals surface area contributed by atoms with Crippen molar-refractivity contribution in [3.63, 3.8) is 0 Å². The lowest BCUT2D eigenvalue weighted by molar-refractivity contribution is 0.112. The first-order valence-corrected chi connectivity index (χ1v) is 7.38. The second-order valence-electron chi connectivity index (χ2n) is 4.96. The van der Waals surface area contributed by atoms with Gasteiger partial charge in [-0.05, 0) is 41.7 Å². The van der Waals surface area contributed by atoms with E-state index < -0.39 is 23.3 Å². The molecule has 0 atom stereocenters. The van der Waals surface area contributed by atoms with Crippen LogP contribution in [0, 0.1) is 23.3 Å². The van der Waals surface area contributed by atoms with Crippen molar-refractivity contribution in [3.05, 3.63) is 69.8 Å². The molecule has 2 aromatic carbocycles. The summed E-state index contributed by atoms with van der Waals surface area (Å²) in [5.41, 5.74) is 1.08. The van der Waals surface area contributed by atoms with Gasteiger partial charge in [0.1, 0.15) is 23.3 Å². The third kappa shape index (κ3) is 4.89. The second kappa shape index (κ2) is 9.17. The van der Waals surface area contributed by atoms with E-state index in [4.69, 9.17) is 5.11 Å². The minimum Gasteiger partial charge on any atom is -0.392 e. The zero-order chi connectivity index (χ0) is 18.3. The van der Waals surface area contributed by atoms with Crippen LogP contribution < -0.4 is 0 Å². The summed E-state index contributed by atoms with van der Waals surface area (Å²) in [6.45, 7) is 3.15. The molecule has 0 aliphatic heterocycles. The van der Waals surface area contributed by atoms with E-state index >= 15 is 0 Å². The normalized spacial score (nSPS) is 10.1. The molecule has 0 saturated carbocycles. The number of aldehydes is 1. The van der Waals surface area contributed by atoms with Crippen molar-refractivity contribution in [2.45, 2.75) is 33.3 Å². The van der Waals surface area contributed by atoms with Gasteiger partial charge in [-0.1, -0.05) is 13.8 Å². The average Bonchev–Trinajstić information content (AvgIpc) is 2.54. The Bertz CT molecular complexity index is 715. The van der Waals surface area contributed by atoms with E-state index in [1.165, 1.54) is 0 Å². The molecule has 2 aromatic rings. The largest absolute Gasteiger partial charge is 0.392 e. The lowest BCUT2D eigenvalue weighted by Gasteiger charge is -2.05. The van der Waals surface area contributed by atoms with Crippen molar-refractivity contribution in [3.8, 4) is 0 Å². The lowest BCUT2D eigenvalue weighted by Crippen LogP contribution is -1.98. The Kier molecular flexibility index (Phi) is 7.58. The van der Waals surface area contributed by atoms with Crippen LogP contribution >= 0.6 is 0 Å². The van der Waals surface area contributed by atoms with Gasteiger partial charge in [-0.15, -0.1) is 0 Å². The SMILES string of the molecule is CCc1c(F)cc(F)cc1C=O.CCc1c(F)cc(F)cc1CO. The standard InChI is InChI=1S/C9H10F2O.C9H8F2O/c2*1-2-8-6(5-12)3-7(10)4-9(8)11/h3-4,12H,2,5H2,1H3;3-5H,2H2,1H3. The minimum atomic E-state index is -0.716. The summed E-state index contributed by atoms with van der Waals surface area (Å²) >= 11 is 0. The predicted molar refractivity (Wildman–Crippen MR) is 82.8 cm³/mol. The van der Waals surface area contributed by atoms with Crippen LogP contribution in [0.2, 0.25) is 0 Å². The predicted octanol–water partition coefficient (Wildman–Crippen LogP) is 4.36. The fourth-order valence-corrected chi connectivity index (χ4v) is 2.30. The molecule has 130 valence electrons. The smallest absolute Gasteiger partial charge is 0.150 e. The minimum absolute atomic E-state index is 0.0926. The van der Waals surface area contributed by atoms with E-state index in [2.05, 4.69) is 0 Å². The number of hydrogen-bond donors (Lipinski definition) is 1. The first kappa shape index (κ1) is 19.8. The van der Waals surface area contributed by atoms with Crippen LogP contribution in [0.4, 0.5) is 17.6 Å². The zero-order valence-corrected chi connectivity index (χ0v) is 13.4. The van der Waals surface area contributed by atoms with E-state index in [-0.39, 0.29) is 17.7 Å². The Balaban J connectivity index is 0.000000240. The number of benzene rings is 2. The zero-order valence-electron chi connectivity index (χ0n) is 13.4. The Morgan fingerprint density at radius 2 is 1.38 bits per heavy atom. The molecule has 0 spiro atoms. The Morgan fingerprint density at radius 3 is 1.83 bits per heavy atom. The van der Waals surface area contributed by atoms with E-state index in [9.17, 15) is 22.4 Å². The number of carbonyl (C=O) groups is 1. The third-order valence-electron chi connectivity index (χ3n) is 3.45. The van der Waals surface area contributed by atoms with Crippen molar-refractivity contribution in [2.75, 3.05) is 0 Å². The lowest BCUT2D eigenvalue weighted by atomic mass is 10.1. The topological polar surface area (TPSA) is 37.3 Å². The highest BCUT2D eigenvalue weighted by molar-refractivity contribution is 5.77. The molecule has 0 aliphatic rings. The first-order valence-electron chi connectivity index (χ1n) is 7.38. The van der Waals surface area contributed by atoms with Crippen LogP contribution in [0.1, 0.15) is 40.9 Å². The summed E-state index contributed by atoms with van der Waals surface area (Å²) < 4.78 is 51.0. The van der Waals surface area contributed by atoms with E-state index in [0.29, 0.717) is 30.3 Å². The molecule has 0 saturated heterocycles. The maximum absolute atomic E-state index is 12.9. The molecule has 0 aliphatic carbocycles. The van der Waals surface area contributed by atoms with E-state index in [0.717, 1.165) is 24.3 Å². The van der Waals surface area contributed by atoms with Crippen LogP contribution in [-0.4, -0.2) is 11.4 Å². The molecule has 6 heteroatoms. The van der Waals surface area contributed by atoms with Crippen LogP contribution in [0.5, 0.6) is 0 Å². The van der Waals surface area contributed by atoms with E-state index in [1.807, 2.05) is 0 Å². The molecule has 2 nitrogen and oxygen atoms in total. The fraction of sp³-hybridized carbons (Fsp3) is 0.278. The van der Waals surface area contributed by atoms with Gasteiger partial charge in [0.2, 0.25) is 0 Å². The molecule has 0 unspecified atom stereocenters. The second-order valence-corrected chi connectivity index (χ2v) is 4.96. The summed E-state index contributed by atoms with van der Waals surface area (Å²) in [5.74, 6) is -2.60. The van der Waals surface area contributed by atoms with Gasteiger partial charge >= 0.3 is 0 Å². The van der Waals surface area contributed by atoms with Gasteiger partial charge in [0.25, 0.3) is 0 Å². The number of rotatable bonds is 4. The number of carbonyl (C=O) groups excluding carboxylic acids is 1. The summed E-state index contributed by atoms with van der Waals surface area (Å²) in [6, 6.07) is 3.81. The van der Waals surface area contributed by atoms with Gasteiger partial charge < -0.3 is 5.11 Å². The quantitative estimate of drug-likeness (QED) is 0.662. The highest BCUT2D eigenvalue weighted by Crippen LogP contribution is 2.16. The monoisotopic (exact) mass is 342 g/mol. The molecular weight excluding hydrogens is 324 g/mol. The highest BCUT2D eigenvalue weighted by Gasteiger charge is 2.09. The van der Waals surface area contributed by atoms with E-state index in [1.54, 1.807) is 13.8 Å². The van der Waals surface area contributed by atoms with Gasteiger partial charge in [-0.2, -0.15) is 0 Å². The summed E-state index contributed by atoms with van der Waals surface area (Å²) in [5, 5.41) is 8.77. The Morgan fingerprint density at radius 1 is 0.875 bits per heavy atom. The molecular formula is C18H18F4O2. The molecule has 0 aromatic heterocycles. The molecule has 0 heterocycles. The van der Waals surface area contributed by atoms with Crippen LogP contribution in [0.3, 0.4) is 0 Å². The summed E-state index contributed by atoms with van der Waals surface area (Å²) in [4.78, 5) is 10.4. The fourth-order valence-electron chi connectivity index (χ4n) is 2.30. The average molecular weight is 342 g/mol. The van der Waals surface area contributed by atoms with Gasteiger partial charge in [0.05, 0.1) is 6.61 Å². The van der Waals surface area contributed by atoms with Gasteiger partial charge in [-0.3, -0.25) is 4.79 Å². The molecule has 2 rings (SSSR count). The highest BCUT2D eigenvalue weighted by atomic mass is 19.1. The number of halogens is 4. The van der Waals surface area contributed by atoms with Crippen molar-refractivity contribution in [1.29, 1.82) is 0 Å². The molecule has 1 N–H and O–H groups in total. The Hall–Kier alpha value is -2.21. The Labute approximate surface area is 137 Å². The van der Waals surface area contributed by atoms with Gasteiger partial charge in [-0.25, -0.2) is 17.6 Å². The summed E-state index contributed by atoms with van der Waals surface area (Å²) in [7, 11) is 0. The van der Waals surface area contributed by atoms with Crippen LogP contribution in [0.15, 0.2) is 24.3 Å². The molecule has 24 heavy (non-hydrogen) atoms. The van der Waals surface area contributed by atoms with Crippen molar-refractivity contribution < 1.29 is 27.5 Å². The molecule has 0 fully saturated rings. The van der Waals surface area contributed by atoms with Gasteiger partial charge in [0.15, 0.2) is 6.29 Å². The number of aliphatic hydroxyl groups excluding tert-OH is 1. The maximum atomic E-state index is 12.9. The molecule has 0 amide bonds. The first-order chi connectivity index (χ1) is 11.4. The van der Waals surface area contributed by atoms with Crippen molar-refractivity contribution in [2.24, 2.45) is 0 Å². The number of aliphatic hydroxyl groups is 1. The van der Waals surface area contributed by atoms with Crippen LogP contribution in [-0.2, 0) is 19.4 Å². The van der Waals surface area contributed by atoms with Crippen LogP contribution in [0.25, 0.3) is 0 Å². The number of hydrogen-bond acceptors (Lipinski definition) is 2. The van der Waals surface area contributed by atoms with Crippen molar-refractivity contribution >= 4 is 6.29 Å². The van der Waals surface area contributed by atoms with Crippen molar-refractivity contribution in [1.82, 2.24) is 0 Å². The molecule has 0 bridgehead atoms.